The minimum Gasteiger partial charge on any atom is -0.133 e. The second kappa shape index (κ2) is 3.70. The molecule has 0 heterocycles. The Morgan fingerprint density at radius 3 is 2.29 bits per heavy atom. The molecule has 0 heteroatoms. The molecule has 0 nitrogen and oxygen atoms in total. The summed E-state index contributed by atoms with van der Waals surface area (Å²) in [6.45, 7) is 7.66. The quantitative estimate of drug-likeness (QED) is 0.461. The summed E-state index contributed by atoms with van der Waals surface area (Å²) in [4.78, 5) is 0. The van der Waals surface area contributed by atoms with E-state index < -0.39 is 0 Å². The third-order valence-corrected chi connectivity index (χ3v) is 0.599. The number of rotatable bonds is 2. The monoisotopic (exact) mass is 95.1 g/mol. The van der Waals surface area contributed by atoms with E-state index in [4.69, 9.17) is 0 Å². The lowest BCUT2D eigenvalue weighted by Crippen LogP contribution is -1.80. The van der Waals surface area contributed by atoms with Gasteiger partial charge in [0.1, 0.15) is 0 Å². The fourth-order valence-corrected chi connectivity index (χ4v) is 0.260. The van der Waals surface area contributed by atoms with Crippen LogP contribution in [0.3, 0.4) is 0 Å². The van der Waals surface area contributed by atoms with Crippen LogP contribution >= 0.6 is 0 Å². The van der Waals surface area contributed by atoms with Crippen LogP contribution in [0, 0.1) is 12.3 Å². The molecule has 0 spiro atoms. The lowest BCUT2D eigenvalue weighted by molar-refractivity contribution is 0.785. The summed E-state index contributed by atoms with van der Waals surface area (Å²) in [7, 11) is 0. The van der Waals surface area contributed by atoms with Crippen LogP contribution in [0.1, 0.15) is 13.8 Å². The van der Waals surface area contributed by atoms with Crippen LogP contribution < -0.4 is 0 Å². The van der Waals surface area contributed by atoms with Crippen LogP contribution in [0.25, 0.3) is 0 Å². The van der Waals surface area contributed by atoms with Crippen molar-refractivity contribution in [1.82, 2.24) is 0 Å². The van der Waals surface area contributed by atoms with E-state index in [-0.39, 0.29) is 0 Å². The van der Waals surface area contributed by atoms with Gasteiger partial charge in [0, 0.05) is 0 Å². The zero-order chi connectivity index (χ0) is 5.70. The smallest absolute Gasteiger partial charge is 0.00631 e. The van der Waals surface area contributed by atoms with E-state index in [2.05, 4.69) is 26.2 Å². The van der Waals surface area contributed by atoms with Crippen LogP contribution in [0.2, 0.25) is 0 Å². The van der Waals surface area contributed by atoms with Crippen molar-refractivity contribution in [2.75, 3.05) is 0 Å². The van der Waals surface area contributed by atoms with E-state index in [1.807, 2.05) is 12.5 Å². The van der Waals surface area contributed by atoms with Crippen molar-refractivity contribution in [3.63, 3.8) is 0 Å². The number of hydrogen-bond acceptors (Lipinski definition) is 0. The third-order valence-electron chi connectivity index (χ3n) is 0.599. The molecule has 0 aromatic carbocycles. The molecule has 0 aliphatic heterocycles. The van der Waals surface area contributed by atoms with Crippen molar-refractivity contribution < 1.29 is 0 Å². The molecule has 0 aromatic heterocycles. The molecule has 0 aliphatic rings. The van der Waals surface area contributed by atoms with E-state index in [1.54, 1.807) is 0 Å². The Hall–Kier alpha value is -0.480. The maximum atomic E-state index is 3.42. The lowest BCUT2D eigenvalue weighted by atomic mass is 10.1. The van der Waals surface area contributed by atoms with Crippen molar-refractivity contribution in [2.45, 2.75) is 13.8 Å². The van der Waals surface area contributed by atoms with Crippen molar-refractivity contribution in [1.29, 1.82) is 0 Å². The predicted molar refractivity (Wildman–Crippen MR) is 32.8 cm³/mol. The Morgan fingerprint density at radius 2 is 2.14 bits per heavy atom. The maximum absolute atomic E-state index is 3.42. The first-order valence-electron chi connectivity index (χ1n) is 2.46. The van der Waals surface area contributed by atoms with Gasteiger partial charge in [-0.05, 0) is 18.4 Å². The van der Waals surface area contributed by atoms with Gasteiger partial charge in [0.25, 0.3) is 0 Å². The molecule has 0 aliphatic carbocycles. The fourth-order valence-electron chi connectivity index (χ4n) is 0.260. The molecule has 0 N–H and O–H groups in total. The minimum atomic E-state index is 0.620. The number of hydrogen-bond donors (Lipinski definition) is 0. The Labute approximate surface area is 45.5 Å². The van der Waals surface area contributed by atoms with E-state index in [0.29, 0.717) is 5.92 Å². The summed E-state index contributed by atoms with van der Waals surface area (Å²) >= 11 is 0. The van der Waals surface area contributed by atoms with Gasteiger partial charge in [-0.15, -0.1) is 5.73 Å². The Morgan fingerprint density at radius 1 is 1.57 bits per heavy atom. The fraction of sp³-hybridized carbons (Fsp3) is 0.429. The van der Waals surface area contributed by atoms with Crippen molar-refractivity contribution in [3.05, 3.63) is 24.8 Å². The molecule has 0 saturated heterocycles. The Kier molecular flexibility index (Phi) is 3.45. The van der Waals surface area contributed by atoms with Gasteiger partial charge in [-0.1, -0.05) is 20.4 Å². The highest BCUT2D eigenvalue weighted by molar-refractivity contribution is 4.92. The molecular formula is C7H11. The van der Waals surface area contributed by atoms with Gasteiger partial charge in [0.05, 0.1) is 0 Å². The van der Waals surface area contributed by atoms with Crippen LogP contribution in [0.15, 0.2) is 18.4 Å². The molecule has 1 radical (unpaired) electrons. The minimum absolute atomic E-state index is 0.620. The standard InChI is InChI=1S/C7H11/c1-4-5-6-7(2)3/h5-7H,1H2,2-3H3. The molecule has 0 rings (SSSR count). The van der Waals surface area contributed by atoms with Gasteiger partial charge in [0.2, 0.25) is 0 Å². The van der Waals surface area contributed by atoms with Crippen LogP contribution in [-0.2, 0) is 0 Å². The highest BCUT2D eigenvalue weighted by Gasteiger charge is 1.84. The molecule has 0 unspecified atom stereocenters. The summed E-state index contributed by atoms with van der Waals surface area (Å²) in [5.41, 5.74) is 2.67. The molecule has 0 fully saturated rings. The largest absolute Gasteiger partial charge is 0.133 e. The third kappa shape index (κ3) is 5.52. The van der Waals surface area contributed by atoms with Gasteiger partial charge in [-0.2, -0.15) is 0 Å². The van der Waals surface area contributed by atoms with Gasteiger partial charge in [-0.3, -0.25) is 0 Å². The van der Waals surface area contributed by atoms with E-state index >= 15 is 0 Å². The zero-order valence-electron chi connectivity index (χ0n) is 4.94. The molecule has 39 valence electrons. The first-order chi connectivity index (χ1) is 3.27. The average Bonchev–Trinajstić information content (AvgIpc) is 1.61. The number of allylic oxidation sites excluding steroid dienone is 1. The highest BCUT2D eigenvalue weighted by atomic mass is 13.9. The van der Waals surface area contributed by atoms with Crippen LogP contribution in [-0.4, -0.2) is 0 Å². The molecule has 0 bridgehead atoms. The van der Waals surface area contributed by atoms with Gasteiger partial charge >= 0.3 is 0 Å². The maximum Gasteiger partial charge on any atom is -0.00631 e. The van der Waals surface area contributed by atoms with Gasteiger partial charge in [0.15, 0.2) is 0 Å². The van der Waals surface area contributed by atoms with E-state index in [0.717, 1.165) is 0 Å². The average molecular weight is 95.2 g/mol. The summed E-state index contributed by atoms with van der Waals surface area (Å²) in [5, 5.41) is 0. The first-order valence-corrected chi connectivity index (χ1v) is 2.46. The molecular weight excluding hydrogens is 84.1 g/mol. The summed E-state index contributed by atoms with van der Waals surface area (Å²) < 4.78 is 0. The lowest BCUT2D eigenvalue weighted by Gasteiger charge is -1.91. The van der Waals surface area contributed by atoms with E-state index in [1.165, 1.54) is 0 Å². The molecule has 0 aromatic rings. The molecule has 0 saturated carbocycles. The summed E-state index contributed by atoms with van der Waals surface area (Å²) in [6, 6.07) is 0. The second-order valence-corrected chi connectivity index (χ2v) is 1.81. The van der Waals surface area contributed by atoms with Gasteiger partial charge in [-0.25, -0.2) is 0 Å². The Balaban J connectivity index is 3.13. The summed E-state index contributed by atoms with van der Waals surface area (Å²) in [6.07, 6.45) is 3.89. The topological polar surface area (TPSA) is 0 Å². The van der Waals surface area contributed by atoms with Crippen molar-refractivity contribution in [2.24, 2.45) is 5.92 Å². The SMILES string of the molecule is C=C=C[CH]C(C)C. The van der Waals surface area contributed by atoms with Crippen molar-refractivity contribution >= 4 is 0 Å². The predicted octanol–water partition coefficient (Wildman–Crippen LogP) is 2.19. The normalized spacial score (nSPS) is 8.43. The van der Waals surface area contributed by atoms with E-state index in [9.17, 15) is 0 Å². The summed E-state index contributed by atoms with van der Waals surface area (Å²) in [5.74, 6) is 0.620. The van der Waals surface area contributed by atoms with Crippen LogP contribution in [0.4, 0.5) is 0 Å². The Bertz CT molecular complexity index is 74.0. The van der Waals surface area contributed by atoms with Crippen molar-refractivity contribution in [3.8, 4) is 0 Å². The van der Waals surface area contributed by atoms with Crippen LogP contribution in [0.5, 0.6) is 0 Å². The molecule has 0 atom stereocenters. The second-order valence-electron chi connectivity index (χ2n) is 1.81. The zero-order valence-corrected chi connectivity index (χ0v) is 4.94. The first kappa shape index (κ1) is 6.52. The van der Waals surface area contributed by atoms with Gasteiger partial charge < -0.3 is 0 Å². The highest BCUT2D eigenvalue weighted by Crippen LogP contribution is 1.95. The molecule has 7 heavy (non-hydrogen) atoms. The molecule has 0 amide bonds.